The van der Waals surface area contributed by atoms with E-state index in [9.17, 15) is 9.59 Å². The summed E-state index contributed by atoms with van der Waals surface area (Å²) in [4.78, 5) is 24.3. The van der Waals surface area contributed by atoms with Gasteiger partial charge < -0.3 is 9.47 Å². The van der Waals surface area contributed by atoms with Gasteiger partial charge in [-0.15, -0.1) is 11.3 Å². The van der Waals surface area contributed by atoms with Crippen LogP contribution in [0.25, 0.3) is 10.1 Å². The van der Waals surface area contributed by atoms with Crippen molar-refractivity contribution in [1.29, 1.82) is 0 Å². The number of Topliss-reactive ketones (excluding diaryl/α,β-unsaturated/α-hetero) is 1. The third kappa shape index (κ3) is 3.44. The fourth-order valence-corrected chi connectivity index (χ4v) is 3.54. The van der Waals surface area contributed by atoms with Crippen LogP contribution in [-0.2, 0) is 9.53 Å². The van der Waals surface area contributed by atoms with E-state index in [4.69, 9.17) is 4.74 Å². The van der Waals surface area contributed by atoms with Crippen LogP contribution in [0.4, 0.5) is 0 Å². The van der Waals surface area contributed by atoms with E-state index in [1.54, 1.807) is 14.0 Å². The molecule has 4 nitrogen and oxygen atoms in total. The molecule has 0 aliphatic carbocycles. The molecule has 21 heavy (non-hydrogen) atoms. The van der Waals surface area contributed by atoms with E-state index in [-0.39, 0.29) is 18.2 Å². The predicted molar refractivity (Wildman–Crippen MR) is 86.2 cm³/mol. The summed E-state index contributed by atoms with van der Waals surface area (Å²) in [6, 6.07) is 5.66. The van der Waals surface area contributed by atoms with Crippen LogP contribution >= 0.6 is 27.3 Å². The smallest absolute Gasteiger partial charge is 0.308 e. The van der Waals surface area contributed by atoms with E-state index in [0.29, 0.717) is 4.88 Å². The van der Waals surface area contributed by atoms with Gasteiger partial charge in [-0.1, -0.05) is 6.92 Å². The van der Waals surface area contributed by atoms with E-state index < -0.39 is 5.92 Å². The highest BCUT2D eigenvalue weighted by Gasteiger charge is 2.20. The third-order valence-corrected chi connectivity index (χ3v) is 4.92. The summed E-state index contributed by atoms with van der Waals surface area (Å²) in [6.45, 7) is 1.69. The molecule has 2 rings (SSSR count). The monoisotopic (exact) mass is 370 g/mol. The highest BCUT2D eigenvalue weighted by molar-refractivity contribution is 9.10. The molecular formula is C15H15BrO4S. The van der Waals surface area contributed by atoms with Crippen molar-refractivity contribution in [3.05, 3.63) is 27.5 Å². The second kappa shape index (κ2) is 6.58. The van der Waals surface area contributed by atoms with E-state index in [1.165, 1.54) is 18.4 Å². The van der Waals surface area contributed by atoms with Crippen molar-refractivity contribution in [3.8, 4) is 5.75 Å². The number of fused-ring (bicyclic) bond motifs is 1. The first-order valence-corrected chi connectivity index (χ1v) is 7.95. The van der Waals surface area contributed by atoms with Gasteiger partial charge in [-0.25, -0.2) is 0 Å². The summed E-state index contributed by atoms with van der Waals surface area (Å²) in [7, 11) is 2.93. The van der Waals surface area contributed by atoms with Crippen molar-refractivity contribution in [2.75, 3.05) is 14.2 Å². The predicted octanol–water partition coefficient (Wildman–Crippen LogP) is 4.05. The van der Waals surface area contributed by atoms with Gasteiger partial charge in [0.25, 0.3) is 0 Å². The first-order valence-electron chi connectivity index (χ1n) is 6.34. The maximum atomic E-state index is 12.2. The maximum Gasteiger partial charge on any atom is 0.308 e. The number of carbonyl (C=O) groups excluding carboxylic acids is 2. The van der Waals surface area contributed by atoms with Gasteiger partial charge in [-0.05, 0) is 39.5 Å². The number of benzene rings is 1. The van der Waals surface area contributed by atoms with Gasteiger partial charge in [-0.2, -0.15) is 0 Å². The number of hydrogen-bond donors (Lipinski definition) is 0. The fourth-order valence-electron chi connectivity index (χ4n) is 2.00. The second-order valence-electron chi connectivity index (χ2n) is 4.69. The SMILES string of the molecule is COC(=O)[C@H](C)CC(=O)c1cc2cc(Br)c(OC)cc2s1. The first kappa shape index (κ1) is 16.0. The molecule has 1 aromatic heterocycles. The molecule has 0 spiro atoms. The number of rotatable bonds is 5. The Bertz CT molecular complexity index is 692. The highest BCUT2D eigenvalue weighted by Crippen LogP contribution is 2.35. The topological polar surface area (TPSA) is 52.6 Å². The minimum Gasteiger partial charge on any atom is -0.496 e. The van der Waals surface area contributed by atoms with Crippen LogP contribution in [0.5, 0.6) is 5.75 Å². The summed E-state index contributed by atoms with van der Waals surface area (Å²) >= 11 is 4.83. The molecule has 1 aromatic carbocycles. The molecule has 6 heteroatoms. The zero-order chi connectivity index (χ0) is 15.6. The van der Waals surface area contributed by atoms with E-state index in [1.807, 2.05) is 18.2 Å². The van der Waals surface area contributed by atoms with Gasteiger partial charge in [0, 0.05) is 11.1 Å². The summed E-state index contributed by atoms with van der Waals surface area (Å²) in [5.41, 5.74) is 0. The Morgan fingerprint density at radius 3 is 2.62 bits per heavy atom. The van der Waals surface area contributed by atoms with Crippen LogP contribution in [0.1, 0.15) is 23.0 Å². The van der Waals surface area contributed by atoms with Crippen LogP contribution in [0, 0.1) is 5.92 Å². The highest BCUT2D eigenvalue weighted by atomic mass is 79.9. The lowest BCUT2D eigenvalue weighted by Gasteiger charge is -2.06. The van der Waals surface area contributed by atoms with Crippen molar-refractivity contribution >= 4 is 49.1 Å². The molecule has 0 saturated carbocycles. The lowest BCUT2D eigenvalue weighted by atomic mass is 10.0. The molecule has 0 amide bonds. The molecule has 0 bridgehead atoms. The van der Waals surface area contributed by atoms with Crippen molar-refractivity contribution in [2.45, 2.75) is 13.3 Å². The minimum absolute atomic E-state index is 0.0517. The Morgan fingerprint density at radius 1 is 1.29 bits per heavy atom. The number of thiophene rings is 1. The van der Waals surface area contributed by atoms with Gasteiger partial charge >= 0.3 is 5.97 Å². The van der Waals surface area contributed by atoms with Gasteiger partial charge in [0.2, 0.25) is 0 Å². The molecule has 0 N–H and O–H groups in total. The summed E-state index contributed by atoms with van der Waals surface area (Å²) in [6.07, 6.45) is 0.151. The van der Waals surface area contributed by atoms with E-state index in [0.717, 1.165) is 20.3 Å². The van der Waals surface area contributed by atoms with Crippen molar-refractivity contribution in [2.24, 2.45) is 5.92 Å². The Hall–Kier alpha value is -1.40. The zero-order valence-corrected chi connectivity index (χ0v) is 14.3. The van der Waals surface area contributed by atoms with Gasteiger partial charge in [-0.3, -0.25) is 9.59 Å². The number of carbonyl (C=O) groups is 2. The number of ketones is 1. The first-order chi connectivity index (χ1) is 9.96. The van der Waals surface area contributed by atoms with Gasteiger partial charge in [0.1, 0.15) is 5.75 Å². The minimum atomic E-state index is -0.436. The standard InChI is InChI=1S/C15H15BrO4S/c1-8(15(18)20-3)4-11(17)14-6-9-5-10(16)12(19-2)7-13(9)21-14/h5-8H,4H2,1-3H3/t8-/m1/s1. The Labute approximate surface area is 135 Å². The summed E-state index contributed by atoms with van der Waals surface area (Å²) in [5.74, 6) is -0.127. The maximum absolute atomic E-state index is 12.2. The molecule has 0 aliphatic rings. The number of esters is 1. The molecule has 0 radical (unpaired) electrons. The van der Waals surface area contributed by atoms with Crippen LogP contribution in [0.2, 0.25) is 0 Å². The number of methoxy groups -OCH3 is 2. The van der Waals surface area contributed by atoms with E-state index in [2.05, 4.69) is 20.7 Å². The van der Waals surface area contributed by atoms with Crippen LogP contribution in [-0.4, -0.2) is 26.0 Å². The van der Waals surface area contributed by atoms with Crippen LogP contribution in [0.15, 0.2) is 22.7 Å². The molecule has 2 aromatic rings. The average molecular weight is 371 g/mol. The third-order valence-electron chi connectivity index (χ3n) is 3.16. The normalized spacial score (nSPS) is 12.2. The number of ether oxygens (including phenoxy) is 2. The molecule has 112 valence electrons. The fraction of sp³-hybridized carbons (Fsp3) is 0.333. The van der Waals surface area contributed by atoms with Crippen LogP contribution < -0.4 is 4.74 Å². The zero-order valence-electron chi connectivity index (χ0n) is 11.9. The molecular weight excluding hydrogens is 356 g/mol. The number of halogens is 1. The summed E-state index contributed by atoms with van der Waals surface area (Å²) < 4.78 is 11.7. The Balaban J connectivity index is 2.26. The van der Waals surface area contributed by atoms with Gasteiger partial charge in [0.05, 0.1) is 29.5 Å². The number of hydrogen-bond acceptors (Lipinski definition) is 5. The van der Waals surface area contributed by atoms with Crippen molar-refractivity contribution < 1.29 is 19.1 Å². The largest absolute Gasteiger partial charge is 0.496 e. The molecule has 1 heterocycles. The molecule has 1 atom stereocenters. The molecule has 0 saturated heterocycles. The molecule has 0 fully saturated rings. The van der Waals surface area contributed by atoms with Crippen molar-refractivity contribution in [1.82, 2.24) is 0 Å². The van der Waals surface area contributed by atoms with Gasteiger partial charge in [0.15, 0.2) is 5.78 Å². The average Bonchev–Trinajstić information content (AvgIpc) is 2.87. The lowest BCUT2D eigenvalue weighted by Crippen LogP contribution is -2.16. The van der Waals surface area contributed by atoms with E-state index >= 15 is 0 Å². The summed E-state index contributed by atoms with van der Waals surface area (Å²) in [5, 5.41) is 0.974. The van der Waals surface area contributed by atoms with Crippen LogP contribution in [0.3, 0.4) is 0 Å². The Morgan fingerprint density at radius 2 is 2.00 bits per heavy atom. The lowest BCUT2D eigenvalue weighted by molar-refractivity contribution is -0.144. The molecule has 0 unspecified atom stereocenters. The quantitative estimate of drug-likeness (QED) is 0.588. The Kier molecular flexibility index (Phi) is 5.00. The second-order valence-corrected chi connectivity index (χ2v) is 6.62. The molecule has 0 aliphatic heterocycles. The van der Waals surface area contributed by atoms with Crippen molar-refractivity contribution in [3.63, 3.8) is 0 Å².